The summed E-state index contributed by atoms with van der Waals surface area (Å²) < 4.78 is 1.77. The first kappa shape index (κ1) is 17.4. The first-order valence-corrected chi connectivity index (χ1v) is 8.41. The van der Waals surface area contributed by atoms with Crippen molar-refractivity contribution < 1.29 is 9.59 Å². The predicted molar refractivity (Wildman–Crippen MR) is 98.8 cm³/mol. The summed E-state index contributed by atoms with van der Waals surface area (Å²) in [4.78, 5) is 23.8. The van der Waals surface area contributed by atoms with Gasteiger partial charge in [0.2, 0.25) is 5.91 Å². The van der Waals surface area contributed by atoms with Crippen LogP contribution in [0.4, 0.5) is 0 Å². The Labute approximate surface area is 151 Å². The minimum absolute atomic E-state index is 0.120. The highest BCUT2D eigenvalue weighted by Gasteiger charge is 2.07. The molecule has 0 saturated carbocycles. The summed E-state index contributed by atoms with van der Waals surface area (Å²) in [5.74, 6) is -0.298. The van der Waals surface area contributed by atoms with Crippen LogP contribution in [0.15, 0.2) is 73.1 Å². The van der Waals surface area contributed by atoms with Crippen molar-refractivity contribution in [3.8, 4) is 5.69 Å². The lowest BCUT2D eigenvalue weighted by atomic mass is 10.2. The van der Waals surface area contributed by atoms with Crippen molar-refractivity contribution >= 4 is 11.8 Å². The van der Waals surface area contributed by atoms with E-state index in [0.29, 0.717) is 18.7 Å². The standard InChI is InChI=1S/C20H20N4O2/c25-19(11-12-21-20(26)17-7-3-1-4-8-17)22-13-16-14-23-24(15-16)18-9-5-2-6-10-18/h1-10,14-15H,11-13H2,(H,21,26)(H,22,25). The lowest BCUT2D eigenvalue weighted by Gasteiger charge is -2.06. The smallest absolute Gasteiger partial charge is 0.251 e. The molecule has 0 unspecified atom stereocenters. The fraction of sp³-hybridized carbons (Fsp3) is 0.150. The third-order valence-corrected chi connectivity index (χ3v) is 3.82. The third kappa shape index (κ3) is 4.80. The molecule has 0 bridgehead atoms. The quantitative estimate of drug-likeness (QED) is 0.688. The maximum absolute atomic E-state index is 11.9. The van der Waals surface area contributed by atoms with Gasteiger partial charge in [-0.1, -0.05) is 36.4 Å². The number of aromatic nitrogens is 2. The van der Waals surface area contributed by atoms with Crippen LogP contribution >= 0.6 is 0 Å². The Bertz CT molecular complexity index is 860. The fourth-order valence-corrected chi connectivity index (χ4v) is 2.44. The van der Waals surface area contributed by atoms with Crippen LogP contribution in [0.2, 0.25) is 0 Å². The number of hydrogen-bond acceptors (Lipinski definition) is 3. The molecule has 0 fully saturated rings. The Kier molecular flexibility index (Phi) is 5.77. The molecule has 0 aliphatic rings. The van der Waals surface area contributed by atoms with Crippen LogP contribution in [-0.4, -0.2) is 28.1 Å². The van der Waals surface area contributed by atoms with Crippen LogP contribution in [0.1, 0.15) is 22.3 Å². The van der Waals surface area contributed by atoms with Crippen LogP contribution in [0.5, 0.6) is 0 Å². The molecule has 2 aromatic carbocycles. The molecule has 0 aliphatic carbocycles. The van der Waals surface area contributed by atoms with E-state index in [2.05, 4.69) is 15.7 Å². The zero-order chi connectivity index (χ0) is 18.2. The number of rotatable bonds is 7. The van der Waals surface area contributed by atoms with E-state index in [-0.39, 0.29) is 18.2 Å². The molecular weight excluding hydrogens is 328 g/mol. The van der Waals surface area contributed by atoms with Crippen molar-refractivity contribution in [1.29, 1.82) is 0 Å². The zero-order valence-corrected chi connectivity index (χ0v) is 14.3. The van der Waals surface area contributed by atoms with Crippen molar-refractivity contribution in [2.45, 2.75) is 13.0 Å². The van der Waals surface area contributed by atoms with E-state index in [4.69, 9.17) is 0 Å². The van der Waals surface area contributed by atoms with Gasteiger partial charge < -0.3 is 10.6 Å². The summed E-state index contributed by atoms with van der Waals surface area (Å²) >= 11 is 0. The number of nitrogens with one attached hydrogen (secondary N) is 2. The van der Waals surface area contributed by atoms with E-state index in [1.807, 2.05) is 42.6 Å². The molecule has 1 aromatic heterocycles. The lowest BCUT2D eigenvalue weighted by Crippen LogP contribution is -2.30. The molecule has 132 valence electrons. The van der Waals surface area contributed by atoms with Crippen molar-refractivity contribution in [3.63, 3.8) is 0 Å². The van der Waals surface area contributed by atoms with Gasteiger partial charge in [-0.3, -0.25) is 9.59 Å². The molecule has 0 spiro atoms. The van der Waals surface area contributed by atoms with Crippen LogP contribution < -0.4 is 10.6 Å². The van der Waals surface area contributed by atoms with Crippen molar-refractivity contribution in [1.82, 2.24) is 20.4 Å². The minimum atomic E-state index is -0.178. The summed E-state index contributed by atoms with van der Waals surface area (Å²) in [6, 6.07) is 18.7. The molecule has 26 heavy (non-hydrogen) atoms. The molecule has 0 atom stereocenters. The van der Waals surface area contributed by atoms with E-state index in [1.54, 1.807) is 35.1 Å². The Balaban J connectivity index is 1.41. The highest BCUT2D eigenvalue weighted by molar-refractivity contribution is 5.94. The van der Waals surface area contributed by atoms with Gasteiger partial charge in [-0.2, -0.15) is 5.10 Å². The van der Waals surface area contributed by atoms with Gasteiger partial charge >= 0.3 is 0 Å². The van der Waals surface area contributed by atoms with Gasteiger partial charge in [-0.25, -0.2) is 4.68 Å². The molecule has 2 N–H and O–H groups in total. The highest BCUT2D eigenvalue weighted by atomic mass is 16.2. The average molecular weight is 348 g/mol. The second-order valence-corrected chi connectivity index (χ2v) is 5.78. The first-order valence-electron chi connectivity index (χ1n) is 8.41. The molecule has 3 aromatic rings. The van der Waals surface area contributed by atoms with E-state index in [1.165, 1.54) is 0 Å². The molecule has 1 heterocycles. The van der Waals surface area contributed by atoms with Gasteiger partial charge in [0.1, 0.15) is 0 Å². The van der Waals surface area contributed by atoms with Crippen LogP contribution in [-0.2, 0) is 11.3 Å². The van der Waals surface area contributed by atoms with E-state index in [9.17, 15) is 9.59 Å². The SMILES string of the molecule is O=C(CCNC(=O)c1ccccc1)NCc1cnn(-c2ccccc2)c1. The van der Waals surface area contributed by atoms with E-state index in [0.717, 1.165) is 11.3 Å². The number of benzene rings is 2. The molecule has 6 heteroatoms. The van der Waals surface area contributed by atoms with E-state index < -0.39 is 0 Å². The molecule has 0 saturated heterocycles. The number of carbonyl (C=O) groups excluding carboxylic acids is 2. The van der Waals surface area contributed by atoms with E-state index >= 15 is 0 Å². The number of carbonyl (C=O) groups is 2. The number of amides is 2. The second-order valence-electron chi connectivity index (χ2n) is 5.78. The summed E-state index contributed by atoms with van der Waals surface area (Å²) in [6.07, 6.45) is 3.84. The maximum atomic E-state index is 11.9. The largest absolute Gasteiger partial charge is 0.352 e. The molecular formula is C20H20N4O2. The van der Waals surface area contributed by atoms with Crippen molar-refractivity contribution in [2.75, 3.05) is 6.54 Å². The Morgan fingerprint density at radius 2 is 1.62 bits per heavy atom. The van der Waals surface area contributed by atoms with Crippen molar-refractivity contribution in [3.05, 3.63) is 84.2 Å². The Hall–Kier alpha value is -3.41. The molecule has 3 rings (SSSR count). The number of nitrogens with zero attached hydrogens (tertiary/aromatic N) is 2. The summed E-state index contributed by atoms with van der Waals surface area (Å²) in [7, 11) is 0. The summed E-state index contributed by atoms with van der Waals surface area (Å²) in [5, 5.41) is 9.86. The zero-order valence-electron chi connectivity index (χ0n) is 14.3. The van der Waals surface area contributed by atoms with Gasteiger partial charge in [-0.05, 0) is 24.3 Å². The first-order chi connectivity index (χ1) is 12.7. The van der Waals surface area contributed by atoms with Gasteiger partial charge in [-0.15, -0.1) is 0 Å². The lowest BCUT2D eigenvalue weighted by molar-refractivity contribution is -0.121. The summed E-state index contributed by atoms with van der Waals surface area (Å²) in [5.41, 5.74) is 2.46. The van der Waals surface area contributed by atoms with Gasteiger partial charge in [0.05, 0.1) is 11.9 Å². The maximum Gasteiger partial charge on any atom is 0.251 e. The second kappa shape index (κ2) is 8.62. The average Bonchev–Trinajstić information content (AvgIpc) is 3.17. The number of para-hydroxylation sites is 1. The molecule has 2 amide bonds. The fourth-order valence-electron chi connectivity index (χ4n) is 2.44. The predicted octanol–water partition coefficient (Wildman–Crippen LogP) is 2.31. The van der Waals surface area contributed by atoms with Gasteiger partial charge in [0.15, 0.2) is 0 Å². The van der Waals surface area contributed by atoms with Crippen LogP contribution in [0.3, 0.4) is 0 Å². The highest BCUT2D eigenvalue weighted by Crippen LogP contribution is 2.07. The molecule has 0 radical (unpaired) electrons. The normalized spacial score (nSPS) is 10.3. The minimum Gasteiger partial charge on any atom is -0.352 e. The third-order valence-electron chi connectivity index (χ3n) is 3.82. The van der Waals surface area contributed by atoms with Crippen molar-refractivity contribution in [2.24, 2.45) is 0 Å². The topological polar surface area (TPSA) is 76.0 Å². The van der Waals surface area contributed by atoms with Crippen LogP contribution in [0, 0.1) is 0 Å². The Morgan fingerprint density at radius 1 is 0.923 bits per heavy atom. The van der Waals surface area contributed by atoms with Gasteiger partial charge in [0, 0.05) is 36.8 Å². The Morgan fingerprint density at radius 3 is 2.35 bits per heavy atom. The summed E-state index contributed by atoms with van der Waals surface area (Å²) in [6.45, 7) is 0.696. The number of hydrogen-bond donors (Lipinski definition) is 2. The van der Waals surface area contributed by atoms with Crippen LogP contribution in [0.25, 0.3) is 5.69 Å². The molecule has 0 aliphatic heterocycles. The molecule has 6 nitrogen and oxygen atoms in total. The monoisotopic (exact) mass is 348 g/mol. The van der Waals surface area contributed by atoms with Gasteiger partial charge in [0.25, 0.3) is 5.91 Å².